The zero-order chi connectivity index (χ0) is 22.2. The van der Waals surface area contributed by atoms with Crippen LogP contribution in [0.3, 0.4) is 0 Å². The van der Waals surface area contributed by atoms with Crippen molar-refractivity contribution in [2.24, 2.45) is 7.05 Å². The number of nitrogens with zero attached hydrogens (tertiary/aromatic N) is 3. The van der Waals surface area contributed by atoms with E-state index in [1.807, 2.05) is 48.0 Å². The van der Waals surface area contributed by atoms with Gasteiger partial charge in [-0.15, -0.1) is 0 Å². The van der Waals surface area contributed by atoms with Gasteiger partial charge in [0.05, 0.1) is 24.0 Å². The van der Waals surface area contributed by atoms with Crippen LogP contribution in [0.5, 0.6) is 0 Å². The molecule has 5 aromatic rings. The van der Waals surface area contributed by atoms with Crippen LogP contribution >= 0.6 is 0 Å². The predicted octanol–water partition coefficient (Wildman–Crippen LogP) is 5.58. The molecule has 2 heterocycles. The molecule has 3 aromatic carbocycles. The number of para-hydroxylation sites is 1. The summed E-state index contributed by atoms with van der Waals surface area (Å²) in [6, 6.07) is 17.9. The van der Waals surface area contributed by atoms with Crippen LogP contribution in [0.25, 0.3) is 33.7 Å². The molecule has 0 fully saturated rings. The first kappa shape index (κ1) is 20.0. The number of imidazole rings is 1. The summed E-state index contributed by atoms with van der Waals surface area (Å²) in [5.41, 5.74) is 5.76. The van der Waals surface area contributed by atoms with Crippen molar-refractivity contribution in [2.45, 2.75) is 13.5 Å². The Morgan fingerprint density at radius 1 is 1.09 bits per heavy atom. The number of aliphatic hydroxyl groups excluding tert-OH is 1. The van der Waals surface area contributed by atoms with Crippen LogP contribution in [-0.4, -0.2) is 19.6 Å². The fraction of sp³-hybridized carbons (Fsp3) is 0.120. The van der Waals surface area contributed by atoms with Gasteiger partial charge < -0.3 is 19.4 Å². The number of fused-ring (bicyclic) bond motifs is 1. The average Bonchev–Trinajstić information content (AvgIpc) is 3.38. The van der Waals surface area contributed by atoms with E-state index in [9.17, 15) is 9.50 Å². The summed E-state index contributed by atoms with van der Waals surface area (Å²) < 4.78 is 21.0. The molecule has 0 aliphatic rings. The summed E-state index contributed by atoms with van der Waals surface area (Å²) in [5.74, 6) is 1.67. The van der Waals surface area contributed by atoms with E-state index in [-0.39, 0.29) is 12.4 Å². The Morgan fingerprint density at radius 2 is 1.91 bits per heavy atom. The van der Waals surface area contributed by atoms with E-state index in [4.69, 9.17) is 9.40 Å². The molecule has 2 aromatic heterocycles. The number of nitrogens with one attached hydrogen (secondary N) is 1. The zero-order valence-corrected chi connectivity index (χ0v) is 17.6. The molecule has 0 atom stereocenters. The van der Waals surface area contributed by atoms with Gasteiger partial charge in [-0.25, -0.2) is 14.4 Å². The molecule has 6 nitrogen and oxygen atoms in total. The number of hydrogen-bond donors (Lipinski definition) is 2. The summed E-state index contributed by atoms with van der Waals surface area (Å²) in [7, 11) is 1.94. The van der Waals surface area contributed by atoms with E-state index in [0.717, 1.165) is 44.9 Å². The van der Waals surface area contributed by atoms with Crippen molar-refractivity contribution in [3.05, 3.63) is 84.1 Å². The summed E-state index contributed by atoms with van der Waals surface area (Å²) in [6.07, 6.45) is 1.66. The molecule has 7 heteroatoms. The average molecular weight is 428 g/mol. The van der Waals surface area contributed by atoms with E-state index in [0.29, 0.717) is 11.7 Å². The molecule has 2 N–H and O–H groups in total. The van der Waals surface area contributed by atoms with Gasteiger partial charge in [0.1, 0.15) is 17.2 Å². The number of benzene rings is 3. The Bertz CT molecular complexity index is 1420. The van der Waals surface area contributed by atoms with Crippen molar-refractivity contribution in [1.82, 2.24) is 14.5 Å². The largest absolute Gasteiger partial charge is 0.441 e. The molecular weight excluding hydrogens is 407 g/mol. The van der Waals surface area contributed by atoms with Crippen LogP contribution in [-0.2, 0) is 13.7 Å². The first-order valence-corrected chi connectivity index (χ1v) is 10.2. The number of oxazole rings is 1. The Labute approximate surface area is 184 Å². The maximum absolute atomic E-state index is 13.3. The minimum Gasteiger partial charge on any atom is -0.441 e. The van der Waals surface area contributed by atoms with Gasteiger partial charge in [0.2, 0.25) is 0 Å². The van der Waals surface area contributed by atoms with E-state index in [2.05, 4.69) is 10.3 Å². The molecule has 0 radical (unpaired) electrons. The second kappa shape index (κ2) is 7.94. The number of aryl methyl sites for hydroxylation is 2. The van der Waals surface area contributed by atoms with Crippen LogP contribution in [0.15, 0.2) is 71.3 Å². The van der Waals surface area contributed by atoms with Gasteiger partial charge in [-0.05, 0) is 60.2 Å². The monoisotopic (exact) mass is 428 g/mol. The van der Waals surface area contributed by atoms with Crippen molar-refractivity contribution in [3.63, 3.8) is 0 Å². The van der Waals surface area contributed by atoms with Gasteiger partial charge in [-0.3, -0.25) is 0 Å². The molecule has 0 amide bonds. The normalized spacial score (nSPS) is 11.2. The third-order valence-corrected chi connectivity index (χ3v) is 5.46. The second-order valence-electron chi connectivity index (χ2n) is 7.57. The molecule has 0 unspecified atom stereocenters. The van der Waals surface area contributed by atoms with Crippen LogP contribution in [0, 0.1) is 12.7 Å². The Balaban J connectivity index is 1.53. The van der Waals surface area contributed by atoms with Crippen molar-refractivity contribution < 1.29 is 13.9 Å². The van der Waals surface area contributed by atoms with Crippen LogP contribution in [0.2, 0.25) is 0 Å². The van der Waals surface area contributed by atoms with Gasteiger partial charge in [0.15, 0.2) is 11.7 Å². The molecule has 0 spiro atoms. The number of rotatable bonds is 5. The molecule has 32 heavy (non-hydrogen) atoms. The lowest BCUT2D eigenvalue weighted by molar-refractivity contribution is 0.282. The lowest BCUT2D eigenvalue weighted by Crippen LogP contribution is -1.95. The van der Waals surface area contributed by atoms with Gasteiger partial charge in [-0.1, -0.05) is 6.07 Å². The quantitative estimate of drug-likeness (QED) is 0.382. The summed E-state index contributed by atoms with van der Waals surface area (Å²) in [5, 5.41) is 13.3. The molecule has 5 rings (SSSR count). The number of halogens is 1. The van der Waals surface area contributed by atoms with Crippen LogP contribution in [0.4, 0.5) is 15.8 Å². The number of aliphatic hydroxyl groups is 1. The van der Waals surface area contributed by atoms with E-state index in [1.165, 1.54) is 12.1 Å². The first-order chi connectivity index (χ1) is 15.5. The van der Waals surface area contributed by atoms with Crippen molar-refractivity contribution in [3.8, 4) is 22.7 Å². The maximum Gasteiger partial charge on any atom is 0.191 e. The molecule has 0 aliphatic heterocycles. The van der Waals surface area contributed by atoms with E-state index < -0.39 is 0 Å². The fourth-order valence-electron chi connectivity index (χ4n) is 3.86. The lowest BCUT2D eigenvalue weighted by Gasteiger charge is -2.11. The predicted molar refractivity (Wildman–Crippen MR) is 122 cm³/mol. The second-order valence-corrected chi connectivity index (χ2v) is 7.57. The minimum atomic E-state index is -0.279. The fourth-order valence-corrected chi connectivity index (χ4v) is 3.86. The summed E-state index contributed by atoms with van der Waals surface area (Å²) in [4.78, 5) is 8.96. The van der Waals surface area contributed by atoms with Crippen LogP contribution in [0.1, 0.15) is 11.5 Å². The minimum absolute atomic E-state index is 0.132. The van der Waals surface area contributed by atoms with Crippen LogP contribution < -0.4 is 5.32 Å². The molecule has 160 valence electrons. The molecule has 0 bridgehead atoms. The van der Waals surface area contributed by atoms with Crippen molar-refractivity contribution >= 4 is 22.4 Å². The van der Waals surface area contributed by atoms with Gasteiger partial charge in [-0.2, -0.15) is 0 Å². The van der Waals surface area contributed by atoms with Gasteiger partial charge >= 0.3 is 0 Å². The Hall–Kier alpha value is -3.97. The number of aromatic nitrogens is 3. The standard InChI is InChI=1S/C25H21FN4O2/c1-15-27-13-23(32-15)20-11-10-19(12-17(20)14-31)28-21-4-3-5-22-24(21)29-25(30(22)2)16-6-8-18(26)9-7-16/h3-13,28,31H,14H2,1-2H3. The summed E-state index contributed by atoms with van der Waals surface area (Å²) >= 11 is 0. The van der Waals surface area contributed by atoms with Crippen molar-refractivity contribution in [1.29, 1.82) is 0 Å². The Kier molecular flexibility index (Phi) is 4.95. The SMILES string of the molecule is Cc1ncc(-c2ccc(Nc3cccc4c3nc(-c3ccc(F)cc3)n4C)cc2CO)o1. The van der Waals surface area contributed by atoms with Gasteiger partial charge in [0.25, 0.3) is 0 Å². The third kappa shape index (κ3) is 3.52. The Morgan fingerprint density at radius 3 is 2.62 bits per heavy atom. The molecule has 0 saturated carbocycles. The molecular formula is C25H21FN4O2. The number of hydrogen-bond acceptors (Lipinski definition) is 5. The maximum atomic E-state index is 13.3. The summed E-state index contributed by atoms with van der Waals surface area (Å²) in [6.45, 7) is 1.65. The molecule has 0 saturated heterocycles. The highest BCUT2D eigenvalue weighted by molar-refractivity contribution is 5.93. The van der Waals surface area contributed by atoms with E-state index >= 15 is 0 Å². The van der Waals surface area contributed by atoms with Gasteiger partial charge in [0, 0.05) is 30.8 Å². The first-order valence-electron chi connectivity index (χ1n) is 10.2. The highest BCUT2D eigenvalue weighted by atomic mass is 19.1. The van der Waals surface area contributed by atoms with E-state index in [1.54, 1.807) is 25.3 Å². The molecule has 0 aliphatic carbocycles. The zero-order valence-electron chi connectivity index (χ0n) is 17.6. The topological polar surface area (TPSA) is 76.1 Å². The smallest absolute Gasteiger partial charge is 0.191 e. The lowest BCUT2D eigenvalue weighted by atomic mass is 10.1. The third-order valence-electron chi connectivity index (χ3n) is 5.46. The van der Waals surface area contributed by atoms with Crippen molar-refractivity contribution in [2.75, 3.05) is 5.32 Å². The number of anilines is 2. The highest BCUT2D eigenvalue weighted by Crippen LogP contribution is 2.32. The highest BCUT2D eigenvalue weighted by Gasteiger charge is 2.14.